The minimum atomic E-state index is -0.0665. The molecular formula is C11H17N3O2. The predicted molar refractivity (Wildman–Crippen MR) is 59.3 cm³/mol. The average molecular weight is 223 g/mol. The minimum Gasteiger partial charge on any atom is -0.361 e. The second kappa shape index (κ2) is 4.65. The molecule has 2 rings (SSSR count). The zero-order chi connectivity index (χ0) is 11.5. The largest absolute Gasteiger partial charge is 0.361 e. The Morgan fingerprint density at radius 2 is 2.12 bits per heavy atom. The summed E-state index contributed by atoms with van der Waals surface area (Å²) in [5.74, 6) is 0.520. The van der Waals surface area contributed by atoms with Gasteiger partial charge >= 0.3 is 0 Å². The third-order valence-electron chi connectivity index (χ3n) is 2.93. The molecule has 1 amide bonds. The lowest BCUT2D eigenvalue weighted by atomic mass is 10.1. The third-order valence-corrected chi connectivity index (χ3v) is 2.93. The Bertz CT molecular complexity index is 361. The van der Waals surface area contributed by atoms with Crippen molar-refractivity contribution in [2.45, 2.75) is 32.7 Å². The van der Waals surface area contributed by atoms with E-state index >= 15 is 0 Å². The maximum absolute atomic E-state index is 12.0. The number of aromatic nitrogens is 1. The molecule has 1 aromatic heterocycles. The van der Waals surface area contributed by atoms with E-state index in [1.54, 1.807) is 13.8 Å². The molecule has 2 N–H and O–H groups in total. The SMILES string of the molecule is Cc1noc(C)c1C(=O)NC1CCNCC1. The molecule has 16 heavy (non-hydrogen) atoms. The fourth-order valence-electron chi connectivity index (χ4n) is 2.03. The Kier molecular flexibility index (Phi) is 3.24. The van der Waals surface area contributed by atoms with Crippen LogP contribution in [0.1, 0.15) is 34.7 Å². The van der Waals surface area contributed by atoms with Gasteiger partial charge in [0.05, 0.1) is 5.69 Å². The first-order valence-electron chi connectivity index (χ1n) is 5.63. The van der Waals surface area contributed by atoms with E-state index in [1.165, 1.54) is 0 Å². The van der Waals surface area contributed by atoms with Crippen LogP contribution in [0.4, 0.5) is 0 Å². The summed E-state index contributed by atoms with van der Waals surface area (Å²) in [6, 6.07) is 0.266. The fourth-order valence-corrected chi connectivity index (χ4v) is 2.03. The van der Waals surface area contributed by atoms with Gasteiger partial charge in [-0.1, -0.05) is 5.16 Å². The third kappa shape index (κ3) is 2.24. The quantitative estimate of drug-likeness (QED) is 0.777. The lowest BCUT2D eigenvalue weighted by Crippen LogP contribution is -2.42. The summed E-state index contributed by atoms with van der Waals surface area (Å²) in [5, 5.41) is 10.1. The number of carbonyl (C=O) groups excluding carboxylic acids is 1. The van der Waals surface area contributed by atoms with Gasteiger partial charge in [0.15, 0.2) is 0 Å². The number of nitrogens with one attached hydrogen (secondary N) is 2. The van der Waals surface area contributed by atoms with Crippen molar-refractivity contribution in [1.29, 1.82) is 0 Å². The van der Waals surface area contributed by atoms with Gasteiger partial charge in [-0.25, -0.2) is 0 Å². The molecule has 88 valence electrons. The summed E-state index contributed by atoms with van der Waals surface area (Å²) >= 11 is 0. The molecule has 1 aliphatic heterocycles. The van der Waals surface area contributed by atoms with Crippen LogP contribution in [-0.2, 0) is 0 Å². The first-order chi connectivity index (χ1) is 7.68. The molecule has 0 bridgehead atoms. The van der Waals surface area contributed by atoms with Crippen molar-refractivity contribution in [3.63, 3.8) is 0 Å². The number of aryl methyl sites for hydroxylation is 2. The summed E-state index contributed by atoms with van der Waals surface area (Å²) in [7, 11) is 0. The molecule has 0 aromatic carbocycles. The van der Waals surface area contributed by atoms with Crippen molar-refractivity contribution in [2.24, 2.45) is 0 Å². The molecular weight excluding hydrogens is 206 g/mol. The Morgan fingerprint density at radius 3 is 2.69 bits per heavy atom. The van der Waals surface area contributed by atoms with Crippen molar-refractivity contribution in [3.05, 3.63) is 17.0 Å². The summed E-state index contributed by atoms with van der Waals surface area (Å²) in [5.41, 5.74) is 1.24. The van der Waals surface area contributed by atoms with Crippen LogP contribution in [0, 0.1) is 13.8 Å². The minimum absolute atomic E-state index is 0.0665. The fraction of sp³-hybridized carbons (Fsp3) is 0.636. The molecule has 0 spiro atoms. The van der Waals surface area contributed by atoms with Gasteiger partial charge in [0, 0.05) is 6.04 Å². The molecule has 5 heteroatoms. The lowest BCUT2D eigenvalue weighted by Gasteiger charge is -2.23. The second-order valence-electron chi connectivity index (χ2n) is 4.20. The van der Waals surface area contributed by atoms with Crippen LogP contribution in [-0.4, -0.2) is 30.2 Å². The topological polar surface area (TPSA) is 67.2 Å². The van der Waals surface area contributed by atoms with Crippen LogP contribution >= 0.6 is 0 Å². The van der Waals surface area contributed by atoms with Gasteiger partial charge in [-0.3, -0.25) is 4.79 Å². The zero-order valence-corrected chi connectivity index (χ0v) is 9.67. The highest BCUT2D eigenvalue weighted by Gasteiger charge is 2.21. The molecule has 0 aliphatic carbocycles. The van der Waals surface area contributed by atoms with Crippen molar-refractivity contribution in [3.8, 4) is 0 Å². The van der Waals surface area contributed by atoms with E-state index in [1.807, 2.05) is 0 Å². The van der Waals surface area contributed by atoms with E-state index in [9.17, 15) is 4.79 Å². The molecule has 5 nitrogen and oxygen atoms in total. The van der Waals surface area contributed by atoms with Crippen LogP contribution in [0.5, 0.6) is 0 Å². The zero-order valence-electron chi connectivity index (χ0n) is 9.67. The first-order valence-corrected chi connectivity index (χ1v) is 5.63. The van der Waals surface area contributed by atoms with E-state index in [-0.39, 0.29) is 11.9 Å². The predicted octanol–water partition coefficient (Wildman–Crippen LogP) is 0.773. The number of nitrogens with zero attached hydrogens (tertiary/aromatic N) is 1. The molecule has 1 saturated heterocycles. The molecule has 1 aromatic rings. The molecule has 2 heterocycles. The first kappa shape index (κ1) is 11.1. The van der Waals surface area contributed by atoms with Crippen LogP contribution < -0.4 is 10.6 Å². The smallest absolute Gasteiger partial charge is 0.257 e. The molecule has 1 fully saturated rings. The number of piperidine rings is 1. The summed E-state index contributed by atoms with van der Waals surface area (Å²) < 4.78 is 4.98. The van der Waals surface area contributed by atoms with Crippen molar-refractivity contribution < 1.29 is 9.32 Å². The molecule has 1 aliphatic rings. The molecule has 0 atom stereocenters. The van der Waals surface area contributed by atoms with E-state index in [0.29, 0.717) is 17.0 Å². The van der Waals surface area contributed by atoms with E-state index in [2.05, 4.69) is 15.8 Å². The lowest BCUT2D eigenvalue weighted by molar-refractivity contribution is 0.0927. The van der Waals surface area contributed by atoms with Crippen LogP contribution in [0.3, 0.4) is 0 Å². The van der Waals surface area contributed by atoms with E-state index in [4.69, 9.17) is 4.52 Å². The highest BCUT2D eigenvalue weighted by atomic mass is 16.5. The normalized spacial score (nSPS) is 17.4. The Balaban J connectivity index is 2.02. The maximum atomic E-state index is 12.0. The molecule has 0 saturated carbocycles. The Morgan fingerprint density at radius 1 is 1.44 bits per heavy atom. The van der Waals surface area contributed by atoms with Gasteiger partial charge in [-0.05, 0) is 39.8 Å². The van der Waals surface area contributed by atoms with Crippen molar-refractivity contribution in [2.75, 3.05) is 13.1 Å². The van der Waals surface area contributed by atoms with E-state index in [0.717, 1.165) is 25.9 Å². The van der Waals surface area contributed by atoms with Crippen molar-refractivity contribution >= 4 is 5.91 Å². The standard InChI is InChI=1S/C11H17N3O2/c1-7-10(8(2)16-14-7)11(15)13-9-3-5-12-6-4-9/h9,12H,3-6H2,1-2H3,(H,13,15). The number of hydrogen-bond acceptors (Lipinski definition) is 4. The van der Waals surface area contributed by atoms with Crippen LogP contribution in [0.2, 0.25) is 0 Å². The average Bonchev–Trinajstić information content (AvgIpc) is 2.60. The summed E-state index contributed by atoms with van der Waals surface area (Å²) in [6.07, 6.45) is 1.96. The number of hydrogen-bond donors (Lipinski definition) is 2. The van der Waals surface area contributed by atoms with Crippen LogP contribution in [0.15, 0.2) is 4.52 Å². The number of carbonyl (C=O) groups is 1. The summed E-state index contributed by atoms with van der Waals surface area (Å²) in [4.78, 5) is 12.0. The maximum Gasteiger partial charge on any atom is 0.257 e. The van der Waals surface area contributed by atoms with Gasteiger partial charge in [0.1, 0.15) is 11.3 Å². The Hall–Kier alpha value is -1.36. The monoisotopic (exact) mass is 223 g/mol. The van der Waals surface area contributed by atoms with Crippen LogP contribution in [0.25, 0.3) is 0 Å². The van der Waals surface area contributed by atoms with Gasteiger partial charge in [-0.2, -0.15) is 0 Å². The van der Waals surface area contributed by atoms with Gasteiger partial charge in [0.2, 0.25) is 0 Å². The number of amides is 1. The molecule has 0 radical (unpaired) electrons. The van der Waals surface area contributed by atoms with E-state index < -0.39 is 0 Å². The van der Waals surface area contributed by atoms with Gasteiger partial charge in [-0.15, -0.1) is 0 Å². The number of rotatable bonds is 2. The van der Waals surface area contributed by atoms with Crippen molar-refractivity contribution in [1.82, 2.24) is 15.8 Å². The second-order valence-corrected chi connectivity index (χ2v) is 4.20. The highest BCUT2D eigenvalue weighted by Crippen LogP contribution is 2.13. The van der Waals surface area contributed by atoms with Gasteiger partial charge < -0.3 is 15.2 Å². The summed E-state index contributed by atoms with van der Waals surface area (Å²) in [6.45, 7) is 5.48. The highest BCUT2D eigenvalue weighted by molar-refractivity contribution is 5.96. The van der Waals surface area contributed by atoms with Gasteiger partial charge in [0.25, 0.3) is 5.91 Å². The Labute approximate surface area is 94.6 Å². The molecule has 0 unspecified atom stereocenters.